The molecular weight excluding hydrogens is 338 g/mol. The van der Waals surface area contributed by atoms with Crippen LogP contribution in [0.3, 0.4) is 0 Å². The van der Waals surface area contributed by atoms with Crippen molar-refractivity contribution in [3.8, 4) is 17.2 Å². The van der Waals surface area contributed by atoms with E-state index in [2.05, 4.69) is 5.32 Å². The van der Waals surface area contributed by atoms with Gasteiger partial charge >= 0.3 is 5.97 Å². The van der Waals surface area contributed by atoms with Gasteiger partial charge < -0.3 is 24.3 Å². The summed E-state index contributed by atoms with van der Waals surface area (Å²) in [7, 11) is 2.75. The second-order valence-electron chi connectivity index (χ2n) is 5.12. The molecule has 7 nitrogen and oxygen atoms in total. The molecule has 7 heteroatoms. The molecular formula is C19H21NO6. The number of ether oxygens (including phenoxy) is 4. The van der Waals surface area contributed by atoms with Crippen molar-refractivity contribution in [2.45, 2.75) is 6.92 Å². The molecule has 2 rings (SSSR count). The van der Waals surface area contributed by atoms with E-state index in [0.29, 0.717) is 29.5 Å². The van der Waals surface area contributed by atoms with Crippen LogP contribution in [0.2, 0.25) is 0 Å². The van der Waals surface area contributed by atoms with E-state index in [1.165, 1.54) is 20.3 Å². The van der Waals surface area contributed by atoms with Gasteiger partial charge in [-0.3, -0.25) is 4.79 Å². The normalized spacial score (nSPS) is 9.96. The Morgan fingerprint density at radius 2 is 1.69 bits per heavy atom. The van der Waals surface area contributed by atoms with Gasteiger partial charge in [0.15, 0.2) is 18.1 Å². The van der Waals surface area contributed by atoms with Crippen LogP contribution in [0, 0.1) is 0 Å². The molecule has 0 spiro atoms. The fourth-order valence-corrected chi connectivity index (χ4v) is 2.21. The first-order valence-electron chi connectivity index (χ1n) is 7.99. The molecule has 0 saturated heterocycles. The van der Waals surface area contributed by atoms with Crippen molar-refractivity contribution in [3.05, 3.63) is 48.0 Å². The topological polar surface area (TPSA) is 83.1 Å². The number of hydrogen-bond acceptors (Lipinski definition) is 6. The summed E-state index contributed by atoms with van der Waals surface area (Å²) in [6.07, 6.45) is 0. The summed E-state index contributed by atoms with van der Waals surface area (Å²) in [5.74, 6) is 0.494. The maximum Gasteiger partial charge on any atom is 0.340 e. The van der Waals surface area contributed by atoms with Gasteiger partial charge in [-0.05, 0) is 37.3 Å². The summed E-state index contributed by atoms with van der Waals surface area (Å²) in [6, 6.07) is 11.8. The second-order valence-corrected chi connectivity index (χ2v) is 5.12. The lowest BCUT2D eigenvalue weighted by molar-refractivity contribution is -0.118. The quantitative estimate of drug-likeness (QED) is 0.730. The molecule has 0 saturated carbocycles. The van der Waals surface area contributed by atoms with Gasteiger partial charge in [-0.1, -0.05) is 12.1 Å². The van der Waals surface area contributed by atoms with Crippen molar-refractivity contribution in [3.63, 3.8) is 0 Å². The zero-order valence-corrected chi connectivity index (χ0v) is 14.9. The van der Waals surface area contributed by atoms with Gasteiger partial charge in [0.2, 0.25) is 0 Å². The van der Waals surface area contributed by atoms with Crippen molar-refractivity contribution in [1.29, 1.82) is 0 Å². The molecule has 0 heterocycles. The smallest absolute Gasteiger partial charge is 0.340 e. The third-order valence-corrected chi connectivity index (χ3v) is 3.41. The molecule has 0 aliphatic rings. The molecule has 138 valence electrons. The van der Waals surface area contributed by atoms with Gasteiger partial charge in [-0.15, -0.1) is 0 Å². The van der Waals surface area contributed by atoms with Gasteiger partial charge in [-0.25, -0.2) is 4.79 Å². The Kier molecular flexibility index (Phi) is 6.84. The molecule has 0 aromatic heterocycles. The Labute approximate surface area is 151 Å². The Hall–Kier alpha value is -3.22. The number of carbonyl (C=O) groups excluding carboxylic acids is 2. The first-order chi connectivity index (χ1) is 12.6. The maximum absolute atomic E-state index is 12.2. The number of esters is 1. The third-order valence-electron chi connectivity index (χ3n) is 3.41. The van der Waals surface area contributed by atoms with E-state index in [-0.39, 0.29) is 12.2 Å². The van der Waals surface area contributed by atoms with Crippen molar-refractivity contribution in [1.82, 2.24) is 0 Å². The first kappa shape index (κ1) is 19.1. The second kappa shape index (κ2) is 9.31. The van der Waals surface area contributed by atoms with Gasteiger partial charge in [0.25, 0.3) is 5.91 Å². The van der Waals surface area contributed by atoms with Crippen LogP contribution in [0.4, 0.5) is 5.69 Å². The van der Waals surface area contributed by atoms with E-state index in [1.54, 1.807) is 30.3 Å². The molecule has 1 N–H and O–H groups in total. The Morgan fingerprint density at radius 1 is 1.00 bits per heavy atom. The molecule has 0 radical (unpaired) electrons. The average Bonchev–Trinajstić information content (AvgIpc) is 2.67. The highest BCUT2D eigenvalue weighted by Crippen LogP contribution is 2.26. The van der Waals surface area contributed by atoms with E-state index in [4.69, 9.17) is 18.9 Å². The lowest BCUT2D eigenvalue weighted by atomic mass is 10.1. The monoisotopic (exact) mass is 359 g/mol. The lowest BCUT2D eigenvalue weighted by Gasteiger charge is -2.13. The van der Waals surface area contributed by atoms with Crippen LogP contribution in [-0.2, 0) is 9.53 Å². The number of rotatable bonds is 8. The van der Waals surface area contributed by atoms with Crippen LogP contribution in [0.25, 0.3) is 0 Å². The van der Waals surface area contributed by atoms with Crippen molar-refractivity contribution in [2.24, 2.45) is 0 Å². The van der Waals surface area contributed by atoms with Crippen LogP contribution in [-0.4, -0.2) is 39.3 Å². The van der Waals surface area contributed by atoms with Crippen LogP contribution >= 0.6 is 0 Å². The van der Waals surface area contributed by atoms with E-state index in [9.17, 15) is 9.59 Å². The molecule has 0 fully saturated rings. The number of hydrogen-bond donors (Lipinski definition) is 1. The van der Waals surface area contributed by atoms with Crippen molar-refractivity contribution in [2.75, 3.05) is 32.8 Å². The molecule has 2 aromatic rings. The van der Waals surface area contributed by atoms with Crippen molar-refractivity contribution < 1.29 is 28.5 Å². The number of carbonyl (C=O) groups is 2. The number of anilines is 1. The highest BCUT2D eigenvalue weighted by atomic mass is 16.5. The zero-order valence-electron chi connectivity index (χ0n) is 14.9. The van der Waals surface area contributed by atoms with Crippen LogP contribution < -0.4 is 19.5 Å². The van der Waals surface area contributed by atoms with Gasteiger partial charge in [0, 0.05) is 0 Å². The minimum Gasteiger partial charge on any atom is -0.497 e. The van der Waals surface area contributed by atoms with E-state index >= 15 is 0 Å². The molecule has 0 bridgehead atoms. The van der Waals surface area contributed by atoms with Gasteiger partial charge in [0.05, 0.1) is 32.1 Å². The van der Waals surface area contributed by atoms with Crippen LogP contribution in [0.15, 0.2) is 42.5 Å². The highest BCUT2D eigenvalue weighted by Gasteiger charge is 2.16. The lowest BCUT2D eigenvalue weighted by Crippen LogP contribution is -2.22. The summed E-state index contributed by atoms with van der Waals surface area (Å²) >= 11 is 0. The van der Waals surface area contributed by atoms with Gasteiger partial charge in [-0.2, -0.15) is 0 Å². The average molecular weight is 359 g/mol. The predicted octanol–water partition coefficient (Wildman–Crippen LogP) is 2.90. The number of amides is 1. The van der Waals surface area contributed by atoms with Crippen LogP contribution in [0.5, 0.6) is 17.2 Å². The summed E-state index contributed by atoms with van der Waals surface area (Å²) in [5.41, 5.74) is 0.499. The summed E-state index contributed by atoms with van der Waals surface area (Å²) in [4.78, 5) is 24.1. The zero-order chi connectivity index (χ0) is 18.9. The van der Waals surface area contributed by atoms with Gasteiger partial charge in [0.1, 0.15) is 5.75 Å². The molecule has 0 aliphatic carbocycles. The first-order valence-corrected chi connectivity index (χ1v) is 7.99. The molecule has 0 unspecified atom stereocenters. The molecule has 0 aliphatic heterocycles. The Bertz CT molecular complexity index is 774. The third kappa shape index (κ3) is 4.89. The standard InChI is InChI=1S/C19H21NO6/c1-4-25-16-7-5-6-8-17(16)26-12-18(21)20-15-10-9-13(23-2)11-14(15)19(22)24-3/h5-11H,4,12H2,1-3H3,(H,20,21). The number of methoxy groups -OCH3 is 2. The van der Waals surface area contributed by atoms with E-state index < -0.39 is 11.9 Å². The molecule has 26 heavy (non-hydrogen) atoms. The predicted molar refractivity (Wildman–Crippen MR) is 96.1 cm³/mol. The van der Waals surface area contributed by atoms with E-state index in [1.807, 2.05) is 13.0 Å². The Balaban J connectivity index is 2.07. The number of nitrogens with one attached hydrogen (secondary N) is 1. The SMILES string of the molecule is CCOc1ccccc1OCC(=O)Nc1ccc(OC)cc1C(=O)OC. The molecule has 0 atom stereocenters. The molecule has 1 amide bonds. The maximum atomic E-state index is 12.2. The largest absolute Gasteiger partial charge is 0.497 e. The fraction of sp³-hybridized carbons (Fsp3) is 0.263. The Morgan fingerprint density at radius 3 is 2.31 bits per heavy atom. The van der Waals surface area contributed by atoms with Crippen molar-refractivity contribution >= 4 is 17.6 Å². The fourth-order valence-electron chi connectivity index (χ4n) is 2.21. The summed E-state index contributed by atoms with van der Waals surface area (Å²) < 4.78 is 20.8. The summed E-state index contributed by atoms with van der Waals surface area (Å²) in [6.45, 7) is 2.11. The minimum absolute atomic E-state index is 0.190. The van der Waals surface area contributed by atoms with Crippen LogP contribution in [0.1, 0.15) is 17.3 Å². The number of para-hydroxylation sites is 2. The highest BCUT2D eigenvalue weighted by molar-refractivity contribution is 6.02. The molecule has 2 aromatic carbocycles. The summed E-state index contributed by atoms with van der Waals surface area (Å²) in [5, 5.41) is 2.64. The van der Waals surface area contributed by atoms with E-state index in [0.717, 1.165) is 0 Å². The minimum atomic E-state index is -0.582. The number of benzene rings is 2.